The number of ketones is 1. The molecule has 6 heteroatoms. The van der Waals surface area contributed by atoms with Crippen molar-refractivity contribution < 1.29 is 19.1 Å². The number of ether oxygens (including phenoxy) is 2. The van der Waals surface area contributed by atoms with Crippen LogP contribution in [-0.4, -0.2) is 36.2 Å². The molecule has 1 unspecified atom stereocenters. The van der Waals surface area contributed by atoms with Gasteiger partial charge in [-0.3, -0.25) is 9.59 Å². The van der Waals surface area contributed by atoms with Crippen LogP contribution in [0.15, 0.2) is 42.7 Å². The van der Waals surface area contributed by atoms with E-state index in [1.807, 2.05) is 0 Å². The summed E-state index contributed by atoms with van der Waals surface area (Å²) in [5, 5.41) is 7.26. The van der Waals surface area contributed by atoms with Gasteiger partial charge in [-0.2, -0.15) is 10.2 Å². The monoisotopic (exact) mass is 286 g/mol. The fourth-order valence-corrected chi connectivity index (χ4v) is 1.91. The zero-order valence-electron chi connectivity index (χ0n) is 11.6. The molecule has 0 aliphatic rings. The fraction of sp³-hybridized carbons (Fsp3) is 0.200. The first-order valence-electron chi connectivity index (χ1n) is 6.20. The molecule has 2 rings (SSSR count). The van der Waals surface area contributed by atoms with Crippen LogP contribution < -0.4 is 4.74 Å². The molecule has 1 atom stereocenters. The number of carbonyl (C=O) groups excluding carboxylic acids is 2. The Balaban J connectivity index is 2.38. The van der Waals surface area contributed by atoms with Gasteiger partial charge in [0.05, 0.1) is 26.6 Å². The first kappa shape index (κ1) is 14.6. The summed E-state index contributed by atoms with van der Waals surface area (Å²) in [6.07, 6.45) is 2.72. The lowest BCUT2D eigenvalue weighted by molar-refractivity contribution is -0.141. The third kappa shape index (κ3) is 3.22. The van der Waals surface area contributed by atoms with E-state index in [4.69, 9.17) is 9.47 Å². The van der Waals surface area contributed by atoms with Crippen LogP contribution in [0.4, 0.5) is 0 Å². The quantitative estimate of drug-likeness (QED) is 0.472. The Morgan fingerprint density at radius 2 is 1.76 bits per heavy atom. The molecule has 1 aromatic carbocycles. The summed E-state index contributed by atoms with van der Waals surface area (Å²) >= 11 is 0. The third-order valence-electron chi connectivity index (χ3n) is 3.02. The molecule has 21 heavy (non-hydrogen) atoms. The summed E-state index contributed by atoms with van der Waals surface area (Å²) in [6, 6.07) is 8.20. The number of Topliss-reactive ketones (excluding diaryl/α,β-unsaturated/α-hetero) is 1. The standard InChI is InChI=1S/C15H14N2O4/c1-20-12-5-3-10(4-6-12)13(15(19)21-2)14(18)11-7-8-16-17-9-11/h3-9,13H,1-2H3. The van der Waals surface area contributed by atoms with E-state index >= 15 is 0 Å². The van der Waals surface area contributed by atoms with Gasteiger partial charge in [0.1, 0.15) is 11.7 Å². The molecule has 1 heterocycles. The van der Waals surface area contributed by atoms with Crippen LogP contribution >= 0.6 is 0 Å². The number of rotatable bonds is 5. The van der Waals surface area contributed by atoms with Crippen LogP contribution in [-0.2, 0) is 9.53 Å². The van der Waals surface area contributed by atoms with Crippen LogP contribution in [0.2, 0.25) is 0 Å². The van der Waals surface area contributed by atoms with Crippen molar-refractivity contribution in [2.75, 3.05) is 14.2 Å². The molecule has 0 spiro atoms. The maximum absolute atomic E-state index is 12.5. The SMILES string of the molecule is COC(=O)C(C(=O)c1ccnnc1)c1ccc(OC)cc1. The predicted octanol–water partition coefficient (Wildman–Crippen LogP) is 1.62. The van der Waals surface area contributed by atoms with E-state index in [2.05, 4.69) is 10.2 Å². The molecule has 0 saturated carbocycles. The van der Waals surface area contributed by atoms with E-state index in [1.54, 1.807) is 31.4 Å². The molecular formula is C15H14N2O4. The largest absolute Gasteiger partial charge is 0.497 e. The Morgan fingerprint density at radius 1 is 1.05 bits per heavy atom. The minimum Gasteiger partial charge on any atom is -0.497 e. The third-order valence-corrected chi connectivity index (χ3v) is 3.02. The summed E-state index contributed by atoms with van der Waals surface area (Å²) in [6.45, 7) is 0. The number of nitrogens with zero attached hydrogens (tertiary/aromatic N) is 2. The normalized spacial score (nSPS) is 11.5. The van der Waals surface area contributed by atoms with Gasteiger partial charge in [-0.25, -0.2) is 0 Å². The Bertz CT molecular complexity index is 626. The van der Waals surface area contributed by atoms with Gasteiger partial charge in [0.15, 0.2) is 5.78 Å². The maximum atomic E-state index is 12.5. The number of esters is 1. The molecule has 2 aromatic rings. The average Bonchev–Trinajstić information content (AvgIpc) is 2.56. The smallest absolute Gasteiger partial charge is 0.321 e. The molecule has 0 radical (unpaired) electrons. The minimum absolute atomic E-state index is 0.302. The summed E-state index contributed by atoms with van der Waals surface area (Å²) in [4.78, 5) is 24.5. The van der Waals surface area contributed by atoms with E-state index in [-0.39, 0.29) is 5.78 Å². The molecule has 0 N–H and O–H groups in total. The summed E-state index contributed by atoms with van der Waals surface area (Å²) in [7, 11) is 2.79. The van der Waals surface area contributed by atoms with Gasteiger partial charge in [0.25, 0.3) is 0 Å². The predicted molar refractivity (Wildman–Crippen MR) is 74.1 cm³/mol. The second-order valence-corrected chi connectivity index (χ2v) is 4.22. The lowest BCUT2D eigenvalue weighted by Gasteiger charge is -2.14. The highest BCUT2D eigenvalue weighted by Gasteiger charge is 2.30. The van der Waals surface area contributed by atoms with E-state index in [0.717, 1.165) is 0 Å². The van der Waals surface area contributed by atoms with E-state index in [1.165, 1.54) is 25.6 Å². The topological polar surface area (TPSA) is 78.4 Å². The number of aromatic nitrogens is 2. The highest BCUT2D eigenvalue weighted by Crippen LogP contribution is 2.24. The molecule has 6 nitrogen and oxygen atoms in total. The molecule has 0 bridgehead atoms. The number of hydrogen-bond acceptors (Lipinski definition) is 6. The van der Waals surface area contributed by atoms with Crippen LogP contribution in [0.25, 0.3) is 0 Å². The lowest BCUT2D eigenvalue weighted by atomic mass is 9.91. The van der Waals surface area contributed by atoms with Crippen LogP contribution in [0.5, 0.6) is 5.75 Å². The van der Waals surface area contributed by atoms with Gasteiger partial charge in [-0.1, -0.05) is 12.1 Å². The van der Waals surface area contributed by atoms with Gasteiger partial charge >= 0.3 is 5.97 Å². The lowest BCUT2D eigenvalue weighted by Crippen LogP contribution is -2.23. The van der Waals surface area contributed by atoms with Crippen molar-refractivity contribution >= 4 is 11.8 Å². The average molecular weight is 286 g/mol. The number of benzene rings is 1. The van der Waals surface area contributed by atoms with E-state index in [0.29, 0.717) is 16.9 Å². The highest BCUT2D eigenvalue weighted by molar-refractivity contribution is 6.12. The van der Waals surface area contributed by atoms with Gasteiger partial charge in [0.2, 0.25) is 0 Å². The van der Waals surface area contributed by atoms with Crippen LogP contribution in [0, 0.1) is 0 Å². The van der Waals surface area contributed by atoms with Crippen LogP contribution in [0.3, 0.4) is 0 Å². The van der Waals surface area contributed by atoms with Gasteiger partial charge < -0.3 is 9.47 Å². The summed E-state index contributed by atoms with van der Waals surface area (Å²) in [5.41, 5.74) is 0.834. The van der Waals surface area contributed by atoms with Crippen molar-refractivity contribution in [3.63, 3.8) is 0 Å². The van der Waals surface area contributed by atoms with Crippen molar-refractivity contribution in [3.8, 4) is 5.75 Å². The van der Waals surface area contributed by atoms with Crippen LogP contribution in [0.1, 0.15) is 21.8 Å². The van der Waals surface area contributed by atoms with Crippen molar-refractivity contribution in [2.24, 2.45) is 0 Å². The first-order chi connectivity index (χ1) is 10.2. The highest BCUT2D eigenvalue weighted by atomic mass is 16.5. The maximum Gasteiger partial charge on any atom is 0.321 e. The van der Waals surface area contributed by atoms with Crippen molar-refractivity contribution in [1.29, 1.82) is 0 Å². The Kier molecular flexibility index (Phi) is 4.61. The molecule has 0 aliphatic heterocycles. The van der Waals surface area contributed by atoms with Crippen molar-refractivity contribution in [1.82, 2.24) is 10.2 Å². The van der Waals surface area contributed by atoms with Crippen molar-refractivity contribution in [3.05, 3.63) is 53.9 Å². The van der Waals surface area contributed by atoms with Gasteiger partial charge in [0, 0.05) is 5.56 Å². The summed E-state index contributed by atoms with van der Waals surface area (Å²) in [5.74, 6) is -1.41. The molecule has 0 aliphatic carbocycles. The fourth-order valence-electron chi connectivity index (χ4n) is 1.91. The van der Waals surface area contributed by atoms with Gasteiger partial charge in [-0.05, 0) is 23.8 Å². The molecule has 0 fully saturated rings. The zero-order chi connectivity index (χ0) is 15.2. The number of carbonyl (C=O) groups is 2. The van der Waals surface area contributed by atoms with Gasteiger partial charge in [-0.15, -0.1) is 0 Å². The number of methoxy groups -OCH3 is 2. The summed E-state index contributed by atoms with van der Waals surface area (Å²) < 4.78 is 9.80. The second kappa shape index (κ2) is 6.60. The molecular weight excluding hydrogens is 272 g/mol. The Hall–Kier alpha value is -2.76. The molecule has 1 aromatic heterocycles. The number of hydrogen-bond donors (Lipinski definition) is 0. The van der Waals surface area contributed by atoms with E-state index < -0.39 is 11.9 Å². The Labute approximate surface area is 121 Å². The molecule has 0 amide bonds. The zero-order valence-corrected chi connectivity index (χ0v) is 11.6. The van der Waals surface area contributed by atoms with E-state index in [9.17, 15) is 9.59 Å². The van der Waals surface area contributed by atoms with Crippen molar-refractivity contribution in [2.45, 2.75) is 5.92 Å². The molecule has 0 saturated heterocycles. The Morgan fingerprint density at radius 3 is 2.29 bits per heavy atom. The minimum atomic E-state index is -1.04. The second-order valence-electron chi connectivity index (χ2n) is 4.22. The first-order valence-corrected chi connectivity index (χ1v) is 6.20. The molecule has 108 valence electrons.